The summed E-state index contributed by atoms with van der Waals surface area (Å²) in [4.78, 5) is 30.1. The molecular weight excluding hydrogens is 473 g/mol. The number of amides is 1. The van der Waals surface area contributed by atoms with Gasteiger partial charge in [0.25, 0.3) is 5.91 Å². The lowest BCUT2D eigenvalue weighted by molar-refractivity contribution is -0.123. The fourth-order valence-electron chi connectivity index (χ4n) is 3.36. The SMILES string of the molecule is C[C@H](OC(=O)c1cc(-c2ccc(F)cc2)nc2ccccc12)C(=O)Nc1ccc(S(N)(=O)=O)cc1. The van der Waals surface area contributed by atoms with Crippen molar-refractivity contribution in [2.24, 2.45) is 5.14 Å². The summed E-state index contributed by atoms with van der Waals surface area (Å²) >= 11 is 0. The summed E-state index contributed by atoms with van der Waals surface area (Å²) in [6.45, 7) is 1.41. The fraction of sp³-hybridized carbons (Fsp3) is 0.0800. The molecule has 0 bridgehead atoms. The van der Waals surface area contributed by atoms with Gasteiger partial charge in [-0.1, -0.05) is 18.2 Å². The molecule has 0 saturated carbocycles. The van der Waals surface area contributed by atoms with Crippen molar-refractivity contribution in [1.29, 1.82) is 0 Å². The quantitative estimate of drug-likeness (QED) is 0.393. The summed E-state index contributed by atoms with van der Waals surface area (Å²) in [5, 5.41) is 8.16. The van der Waals surface area contributed by atoms with E-state index in [1.54, 1.807) is 36.4 Å². The van der Waals surface area contributed by atoms with Crippen LogP contribution in [-0.4, -0.2) is 31.4 Å². The molecule has 1 aromatic heterocycles. The lowest BCUT2D eigenvalue weighted by atomic mass is 10.0. The first kappa shape index (κ1) is 24.0. The average molecular weight is 494 g/mol. The number of nitrogens with two attached hydrogens (primary N) is 1. The molecule has 0 radical (unpaired) electrons. The minimum atomic E-state index is -3.86. The van der Waals surface area contributed by atoms with Gasteiger partial charge in [0, 0.05) is 16.6 Å². The maximum atomic E-state index is 13.3. The number of nitrogens with zero attached hydrogens (tertiary/aromatic N) is 1. The van der Waals surface area contributed by atoms with E-state index in [2.05, 4.69) is 10.3 Å². The van der Waals surface area contributed by atoms with Crippen molar-refractivity contribution in [3.05, 3.63) is 90.2 Å². The number of primary sulfonamides is 1. The summed E-state index contributed by atoms with van der Waals surface area (Å²) in [6, 6.07) is 19.5. The number of benzene rings is 3. The summed E-state index contributed by atoms with van der Waals surface area (Å²) in [5.41, 5.74) is 2.10. The standard InChI is InChI=1S/C25H20FN3O5S/c1-15(24(30)28-18-10-12-19(13-11-18)35(27,32)33)34-25(31)21-14-23(16-6-8-17(26)9-7-16)29-22-5-3-2-4-20(21)22/h2-15H,1H3,(H,28,30)(H2,27,32,33)/t15-/m0/s1. The van der Waals surface area contributed by atoms with Crippen molar-refractivity contribution >= 4 is 38.5 Å². The molecule has 1 heterocycles. The van der Waals surface area contributed by atoms with E-state index in [1.165, 1.54) is 49.4 Å². The number of rotatable bonds is 6. The van der Waals surface area contributed by atoms with Crippen molar-refractivity contribution in [3.8, 4) is 11.3 Å². The van der Waals surface area contributed by atoms with Crippen LogP contribution in [0, 0.1) is 5.82 Å². The van der Waals surface area contributed by atoms with E-state index in [9.17, 15) is 22.4 Å². The Labute approximate surface area is 200 Å². The second kappa shape index (κ2) is 9.61. The predicted octanol–water partition coefficient (Wildman–Crippen LogP) is 3.87. The lowest BCUT2D eigenvalue weighted by Gasteiger charge is -2.15. The van der Waals surface area contributed by atoms with E-state index < -0.39 is 33.8 Å². The Kier molecular flexibility index (Phi) is 6.59. The van der Waals surface area contributed by atoms with Crippen LogP contribution in [0.5, 0.6) is 0 Å². The largest absolute Gasteiger partial charge is 0.449 e. The number of halogens is 1. The number of sulfonamides is 1. The van der Waals surface area contributed by atoms with Crippen LogP contribution in [0.2, 0.25) is 0 Å². The summed E-state index contributed by atoms with van der Waals surface area (Å²) < 4.78 is 41.5. The van der Waals surface area contributed by atoms with Gasteiger partial charge in [0.15, 0.2) is 6.10 Å². The highest BCUT2D eigenvalue weighted by Gasteiger charge is 2.22. The molecular formula is C25H20FN3O5S. The number of carbonyl (C=O) groups is 2. The number of hydrogen-bond donors (Lipinski definition) is 2. The maximum Gasteiger partial charge on any atom is 0.339 e. The zero-order valence-corrected chi connectivity index (χ0v) is 19.3. The Morgan fingerprint density at radius 2 is 1.66 bits per heavy atom. The van der Waals surface area contributed by atoms with Crippen LogP contribution in [0.4, 0.5) is 10.1 Å². The Hall–Kier alpha value is -4.15. The first-order valence-corrected chi connectivity index (χ1v) is 12.0. The molecule has 0 aliphatic carbocycles. The molecule has 35 heavy (non-hydrogen) atoms. The van der Waals surface area contributed by atoms with Gasteiger partial charge in [-0.2, -0.15) is 0 Å². The molecule has 0 aliphatic heterocycles. The molecule has 8 nitrogen and oxygen atoms in total. The molecule has 0 unspecified atom stereocenters. The van der Waals surface area contributed by atoms with E-state index in [0.717, 1.165) is 0 Å². The number of esters is 1. The van der Waals surface area contributed by atoms with Crippen LogP contribution in [0.3, 0.4) is 0 Å². The van der Waals surface area contributed by atoms with Crippen LogP contribution < -0.4 is 10.5 Å². The lowest BCUT2D eigenvalue weighted by Crippen LogP contribution is -2.30. The van der Waals surface area contributed by atoms with Gasteiger partial charge in [-0.3, -0.25) is 4.79 Å². The minimum Gasteiger partial charge on any atom is -0.449 e. The van der Waals surface area contributed by atoms with E-state index in [0.29, 0.717) is 27.8 Å². The molecule has 1 atom stereocenters. The Morgan fingerprint density at radius 1 is 1.00 bits per heavy atom. The van der Waals surface area contributed by atoms with Crippen LogP contribution in [0.15, 0.2) is 83.8 Å². The normalized spacial score (nSPS) is 12.2. The van der Waals surface area contributed by atoms with Crippen LogP contribution in [0.1, 0.15) is 17.3 Å². The maximum absolute atomic E-state index is 13.3. The first-order chi connectivity index (χ1) is 16.6. The van der Waals surface area contributed by atoms with Crippen molar-refractivity contribution < 1.29 is 27.1 Å². The van der Waals surface area contributed by atoms with Crippen molar-refractivity contribution in [2.45, 2.75) is 17.9 Å². The van der Waals surface area contributed by atoms with Gasteiger partial charge in [0.05, 0.1) is 21.7 Å². The fourth-order valence-corrected chi connectivity index (χ4v) is 3.88. The number of fused-ring (bicyclic) bond motifs is 1. The van der Waals surface area contributed by atoms with Crippen LogP contribution in [0.25, 0.3) is 22.2 Å². The number of carbonyl (C=O) groups excluding carboxylic acids is 2. The number of ether oxygens (including phenoxy) is 1. The number of para-hydroxylation sites is 1. The summed E-state index contributed by atoms with van der Waals surface area (Å²) in [5.74, 6) is -1.74. The Morgan fingerprint density at radius 3 is 2.31 bits per heavy atom. The van der Waals surface area contributed by atoms with Crippen LogP contribution >= 0.6 is 0 Å². The van der Waals surface area contributed by atoms with Gasteiger partial charge >= 0.3 is 5.97 Å². The predicted molar refractivity (Wildman–Crippen MR) is 128 cm³/mol. The van der Waals surface area contributed by atoms with Crippen molar-refractivity contribution in [1.82, 2.24) is 4.98 Å². The summed E-state index contributed by atoms with van der Waals surface area (Å²) in [6.07, 6.45) is -1.17. The highest BCUT2D eigenvalue weighted by molar-refractivity contribution is 7.89. The van der Waals surface area contributed by atoms with Gasteiger partial charge in [0.2, 0.25) is 10.0 Å². The molecule has 0 fully saturated rings. The Balaban J connectivity index is 1.55. The molecule has 178 valence electrons. The number of hydrogen-bond acceptors (Lipinski definition) is 6. The minimum absolute atomic E-state index is 0.100. The van der Waals surface area contributed by atoms with Gasteiger partial charge in [0.1, 0.15) is 5.82 Å². The molecule has 4 aromatic rings. The number of pyridine rings is 1. The first-order valence-electron chi connectivity index (χ1n) is 10.4. The zero-order chi connectivity index (χ0) is 25.2. The third-order valence-corrected chi connectivity index (χ3v) is 6.11. The zero-order valence-electron chi connectivity index (χ0n) is 18.4. The van der Waals surface area contributed by atoms with Crippen molar-refractivity contribution in [3.63, 3.8) is 0 Å². The number of nitrogens with one attached hydrogen (secondary N) is 1. The van der Waals surface area contributed by atoms with Gasteiger partial charge in [-0.05, 0) is 67.6 Å². The van der Waals surface area contributed by atoms with Gasteiger partial charge in [-0.15, -0.1) is 0 Å². The molecule has 10 heteroatoms. The second-order valence-electron chi connectivity index (χ2n) is 7.69. The van der Waals surface area contributed by atoms with E-state index in [-0.39, 0.29) is 10.5 Å². The van der Waals surface area contributed by atoms with Gasteiger partial charge in [-0.25, -0.2) is 27.7 Å². The topological polar surface area (TPSA) is 128 Å². The van der Waals surface area contributed by atoms with Crippen LogP contribution in [-0.2, 0) is 19.6 Å². The van der Waals surface area contributed by atoms with E-state index in [1.807, 2.05) is 0 Å². The molecule has 1 amide bonds. The monoisotopic (exact) mass is 493 g/mol. The molecule has 0 saturated heterocycles. The summed E-state index contributed by atoms with van der Waals surface area (Å²) in [7, 11) is -3.86. The third-order valence-electron chi connectivity index (χ3n) is 5.18. The molecule has 3 N–H and O–H groups in total. The smallest absolute Gasteiger partial charge is 0.339 e. The second-order valence-corrected chi connectivity index (χ2v) is 9.25. The third kappa shape index (κ3) is 5.51. The molecule has 0 spiro atoms. The number of aromatic nitrogens is 1. The molecule has 4 rings (SSSR count). The van der Waals surface area contributed by atoms with Crippen molar-refractivity contribution in [2.75, 3.05) is 5.32 Å². The highest BCUT2D eigenvalue weighted by Crippen LogP contribution is 2.26. The number of anilines is 1. The molecule has 0 aliphatic rings. The average Bonchev–Trinajstić information content (AvgIpc) is 2.83. The Bertz CT molecular complexity index is 1520. The molecule has 3 aromatic carbocycles. The van der Waals surface area contributed by atoms with E-state index in [4.69, 9.17) is 9.88 Å². The van der Waals surface area contributed by atoms with Gasteiger partial charge < -0.3 is 10.1 Å². The highest BCUT2D eigenvalue weighted by atomic mass is 32.2. The van der Waals surface area contributed by atoms with E-state index >= 15 is 0 Å².